The molecule has 0 saturated heterocycles. The molecule has 0 aliphatic heterocycles. The van der Waals surface area contributed by atoms with Crippen LogP contribution < -0.4 is 10.6 Å². The molecule has 0 unspecified atom stereocenters. The van der Waals surface area contributed by atoms with Crippen LogP contribution in [0.3, 0.4) is 0 Å². The Bertz CT molecular complexity index is 357. The number of hydrogen-bond donors (Lipinski definition) is 1. The summed E-state index contributed by atoms with van der Waals surface area (Å²) >= 11 is 5.78. The Morgan fingerprint density at radius 3 is 2.86 bits per heavy atom. The molecule has 4 heteroatoms. The third kappa shape index (κ3) is 2.38. The fourth-order valence-electron chi connectivity index (χ4n) is 1.24. The van der Waals surface area contributed by atoms with E-state index in [2.05, 4.69) is 6.07 Å². The lowest BCUT2D eigenvalue weighted by molar-refractivity contribution is 0.884. The third-order valence-electron chi connectivity index (χ3n) is 1.95. The lowest BCUT2D eigenvalue weighted by Crippen LogP contribution is -2.25. The Morgan fingerprint density at radius 2 is 2.29 bits per heavy atom. The minimum absolute atomic E-state index is 0.560. The molecule has 0 saturated carbocycles. The number of nitrogens with zero attached hydrogens (tertiary/aromatic N) is 2. The summed E-state index contributed by atoms with van der Waals surface area (Å²) < 4.78 is 0. The van der Waals surface area contributed by atoms with E-state index in [4.69, 9.17) is 22.6 Å². The van der Waals surface area contributed by atoms with Crippen molar-refractivity contribution in [3.8, 4) is 6.07 Å². The number of anilines is 1. The van der Waals surface area contributed by atoms with Gasteiger partial charge in [-0.05, 0) is 18.2 Å². The lowest BCUT2D eigenvalue weighted by atomic mass is 10.2. The standard InChI is InChI=1S/C10H12ClN3/c1-14(5-4-12)10-3-2-9(11)6-8(10)7-13/h2-3,6H,4-5,12H2,1H3. The number of hydrogen-bond acceptors (Lipinski definition) is 3. The largest absolute Gasteiger partial charge is 0.372 e. The van der Waals surface area contributed by atoms with Gasteiger partial charge in [0.1, 0.15) is 6.07 Å². The van der Waals surface area contributed by atoms with Crippen molar-refractivity contribution < 1.29 is 0 Å². The maximum atomic E-state index is 8.89. The van der Waals surface area contributed by atoms with Gasteiger partial charge in [0.05, 0.1) is 11.3 Å². The van der Waals surface area contributed by atoms with Crippen LogP contribution in [0.25, 0.3) is 0 Å². The van der Waals surface area contributed by atoms with E-state index in [-0.39, 0.29) is 0 Å². The Labute approximate surface area is 88.7 Å². The second-order valence-electron chi connectivity index (χ2n) is 2.98. The maximum Gasteiger partial charge on any atom is 0.101 e. The van der Waals surface area contributed by atoms with E-state index in [0.717, 1.165) is 12.2 Å². The van der Waals surface area contributed by atoms with Crippen molar-refractivity contribution in [1.29, 1.82) is 5.26 Å². The number of nitriles is 1. The first-order valence-electron chi connectivity index (χ1n) is 4.30. The Morgan fingerprint density at radius 1 is 1.57 bits per heavy atom. The van der Waals surface area contributed by atoms with Crippen molar-refractivity contribution in [2.75, 3.05) is 25.0 Å². The highest BCUT2D eigenvalue weighted by atomic mass is 35.5. The van der Waals surface area contributed by atoms with Crippen molar-refractivity contribution in [3.63, 3.8) is 0 Å². The Hall–Kier alpha value is -1.24. The van der Waals surface area contributed by atoms with Gasteiger partial charge in [0.15, 0.2) is 0 Å². The van der Waals surface area contributed by atoms with Crippen LogP contribution in [0.4, 0.5) is 5.69 Å². The topological polar surface area (TPSA) is 53.0 Å². The van der Waals surface area contributed by atoms with Gasteiger partial charge in [-0.2, -0.15) is 5.26 Å². The van der Waals surface area contributed by atoms with E-state index in [1.165, 1.54) is 0 Å². The molecule has 0 amide bonds. The highest BCUT2D eigenvalue weighted by Crippen LogP contribution is 2.22. The fourth-order valence-corrected chi connectivity index (χ4v) is 1.42. The average Bonchev–Trinajstić information content (AvgIpc) is 2.17. The summed E-state index contributed by atoms with van der Waals surface area (Å²) in [5.74, 6) is 0. The molecule has 1 rings (SSSR count). The van der Waals surface area contributed by atoms with Gasteiger partial charge in [0.25, 0.3) is 0 Å². The molecule has 0 atom stereocenters. The molecular formula is C10H12ClN3. The van der Waals surface area contributed by atoms with Gasteiger partial charge in [-0.3, -0.25) is 0 Å². The molecule has 0 heterocycles. The second kappa shape index (κ2) is 4.85. The molecule has 14 heavy (non-hydrogen) atoms. The van der Waals surface area contributed by atoms with Crippen LogP contribution in [0.1, 0.15) is 5.56 Å². The van der Waals surface area contributed by atoms with E-state index in [9.17, 15) is 0 Å². The van der Waals surface area contributed by atoms with Gasteiger partial charge in [-0.1, -0.05) is 11.6 Å². The summed E-state index contributed by atoms with van der Waals surface area (Å²) in [6.07, 6.45) is 0. The first-order chi connectivity index (χ1) is 6.69. The highest BCUT2D eigenvalue weighted by Gasteiger charge is 2.06. The van der Waals surface area contributed by atoms with Gasteiger partial charge in [0.2, 0.25) is 0 Å². The average molecular weight is 210 g/mol. The summed E-state index contributed by atoms with van der Waals surface area (Å²) in [7, 11) is 1.90. The molecule has 0 aromatic heterocycles. The Kier molecular flexibility index (Phi) is 3.75. The van der Waals surface area contributed by atoms with Crippen molar-refractivity contribution in [3.05, 3.63) is 28.8 Å². The van der Waals surface area contributed by atoms with Crippen LogP contribution in [0.2, 0.25) is 5.02 Å². The zero-order chi connectivity index (χ0) is 10.6. The smallest absolute Gasteiger partial charge is 0.101 e. The SMILES string of the molecule is CN(CCN)c1ccc(Cl)cc1C#N. The van der Waals surface area contributed by atoms with Gasteiger partial charge in [-0.15, -0.1) is 0 Å². The zero-order valence-corrected chi connectivity index (χ0v) is 8.75. The normalized spacial score (nSPS) is 9.57. The van der Waals surface area contributed by atoms with Crippen molar-refractivity contribution in [2.45, 2.75) is 0 Å². The van der Waals surface area contributed by atoms with Gasteiger partial charge in [-0.25, -0.2) is 0 Å². The summed E-state index contributed by atoms with van der Waals surface area (Å²) in [6.45, 7) is 1.28. The number of benzene rings is 1. The lowest BCUT2D eigenvalue weighted by Gasteiger charge is -2.19. The minimum atomic E-state index is 0.560. The first-order valence-corrected chi connectivity index (χ1v) is 4.67. The predicted molar refractivity (Wildman–Crippen MR) is 58.5 cm³/mol. The number of rotatable bonds is 3. The first kappa shape index (κ1) is 10.8. The molecule has 1 aromatic carbocycles. The van der Waals surface area contributed by atoms with Crippen molar-refractivity contribution in [2.24, 2.45) is 5.73 Å². The van der Waals surface area contributed by atoms with E-state index in [1.807, 2.05) is 18.0 Å². The number of halogens is 1. The number of likely N-dealkylation sites (N-methyl/N-ethyl adjacent to an activating group) is 1. The van der Waals surface area contributed by atoms with Crippen molar-refractivity contribution in [1.82, 2.24) is 0 Å². The van der Waals surface area contributed by atoms with Crippen LogP contribution >= 0.6 is 11.6 Å². The maximum absolute atomic E-state index is 8.89. The molecule has 2 N–H and O–H groups in total. The molecule has 1 aromatic rings. The summed E-state index contributed by atoms with van der Waals surface area (Å²) in [5, 5.41) is 9.47. The quantitative estimate of drug-likeness (QED) is 0.823. The van der Waals surface area contributed by atoms with E-state index in [0.29, 0.717) is 17.1 Å². The van der Waals surface area contributed by atoms with E-state index < -0.39 is 0 Å². The molecular weight excluding hydrogens is 198 g/mol. The van der Waals surface area contributed by atoms with Gasteiger partial charge >= 0.3 is 0 Å². The molecule has 0 bridgehead atoms. The molecule has 0 radical (unpaired) electrons. The molecule has 0 aliphatic carbocycles. The summed E-state index contributed by atoms with van der Waals surface area (Å²) in [4.78, 5) is 1.94. The van der Waals surface area contributed by atoms with Crippen LogP contribution in [0.5, 0.6) is 0 Å². The van der Waals surface area contributed by atoms with Crippen LogP contribution in [0, 0.1) is 11.3 Å². The molecule has 0 spiro atoms. The molecule has 3 nitrogen and oxygen atoms in total. The molecule has 74 valence electrons. The van der Waals surface area contributed by atoms with Crippen LogP contribution in [0.15, 0.2) is 18.2 Å². The molecule has 0 aliphatic rings. The van der Waals surface area contributed by atoms with Gasteiger partial charge in [0, 0.05) is 25.2 Å². The fraction of sp³-hybridized carbons (Fsp3) is 0.300. The number of nitrogens with two attached hydrogens (primary N) is 1. The van der Waals surface area contributed by atoms with E-state index >= 15 is 0 Å². The Balaban J connectivity index is 3.03. The highest BCUT2D eigenvalue weighted by molar-refractivity contribution is 6.30. The summed E-state index contributed by atoms with van der Waals surface area (Å²) in [5.41, 5.74) is 6.88. The monoisotopic (exact) mass is 209 g/mol. The van der Waals surface area contributed by atoms with Crippen LogP contribution in [-0.4, -0.2) is 20.1 Å². The van der Waals surface area contributed by atoms with Gasteiger partial charge < -0.3 is 10.6 Å². The third-order valence-corrected chi connectivity index (χ3v) is 2.19. The summed E-state index contributed by atoms with van der Waals surface area (Å²) in [6, 6.07) is 7.36. The second-order valence-corrected chi connectivity index (χ2v) is 3.42. The molecule has 0 fully saturated rings. The minimum Gasteiger partial charge on any atom is -0.372 e. The predicted octanol–water partition coefficient (Wildman–Crippen LogP) is 1.61. The van der Waals surface area contributed by atoms with Crippen molar-refractivity contribution >= 4 is 17.3 Å². The van der Waals surface area contributed by atoms with Crippen LogP contribution in [-0.2, 0) is 0 Å². The van der Waals surface area contributed by atoms with E-state index in [1.54, 1.807) is 12.1 Å². The zero-order valence-electron chi connectivity index (χ0n) is 8.00.